The summed E-state index contributed by atoms with van der Waals surface area (Å²) in [5.41, 5.74) is 0.323. The van der Waals surface area contributed by atoms with E-state index in [9.17, 15) is 9.59 Å². The Morgan fingerprint density at radius 1 is 1.13 bits per heavy atom. The molecule has 5 rings (SSSR count). The molecule has 0 unspecified atom stereocenters. The van der Waals surface area contributed by atoms with Crippen LogP contribution in [0, 0.1) is 11.8 Å². The number of amides is 2. The van der Waals surface area contributed by atoms with Crippen LogP contribution in [0.2, 0.25) is 0 Å². The smallest absolute Gasteiger partial charge is 0.245 e. The van der Waals surface area contributed by atoms with Gasteiger partial charge in [0.2, 0.25) is 18.6 Å². The summed E-state index contributed by atoms with van der Waals surface area (Å²) in [6.45, 7) is 3.10. The van der Waals surface area contributed by atoms with E-state index >= 15 is 0 Å². The maximum Gasteiger partial charge on any atom is 0.245 e. The summed E-state index contributed by atoms with van der Waals surface area (Å²) in [6.07, 6.45) is 7.85. The molecule has 7 heteroatoms. The molecule has 0 aromatic heterocycles. The molecule has 3 fully saturated rings. The fourth-order valence-corrected chi connectivity index (χ4v) is 5.76. The van der Waals surface area contributed by atoms with Crippen LogP contribution in [0.5, 0.6) is 11.5 Å². The summed E-state index contributed by atoms with van der Waals surface area (Å²) in [5, 5.41) is 3.03. The van der Waals surface area contributed by atoms with Gasteiger partial charge in [0.25, 0.3) is 0 Å². The number of carbonyl (C=O) groups is 2. The molecule has 0 radical (unpaired) electrons. The summed E-state index contributed by atoms with van der Waals surface area (Å²) >= 11 is 0. The van der Waals surface area contributed by atoms with Gasteiger partial charge in [0, 0.05) is 12.5 Å². The average Bonchev–Trinajstić information content (AvgIpc) is 3.51. The van der Waals surface area contributed by atoms with Gasteiger partial charge < -0.3 is 19.5 Å². The van der Waals surface area contributed by atoms with Crippen LogP contribution in [0.3, 0.4) is 0 Å². The average molecular weight is 429 g/mol. The number of nitrogens with one attached hydrogen (secondary N) is 1. The maximum absolute atomic E-state index is 13.6. The van der Waals surface area contributed by atoms with E-state index in [4.69, 9.17) is 14.2 Å². The van der Waals surface area contributed by atoms with Gasteiger partial charge in [-0.25, -0.2) is 0 Å². The largest absolute Gasteiger partial charge is 0.454 e. The van der Waals surface area contributed by atoms with E-state index in [-0.39, 0.29) is 31.1 Å². The van der Waals surface area contributed by atoms with Crippen LogP contribution < -0.4 is 14.8 Å². The third-order valence-electron chi connectivity index (χ3n) is 7.34. The Morgan fingerprint density at radius 2 is 1.94 bits per heavy atom. The number of ether oxygens (including phenoxy) is 3. The lowest BCUT2D eigenvalue weighted by Crippen LogP contribution is -2.58. The number of rotatable bonds is 4. The molecular weight excluding hydrogens is 396 g/mol. The molecule has 0 bridgehead atoms. The molecule has 7 nitrogen and oxygen atoms in total. The molecule has 1 aromatic rings. The van der Waals surface area contributed by atoms with Crippen LogP contribution >= 0.6 is 0 Å². The molecule has 1 aromatic carbocycles. The van der Waals surface area contributed by atoms with Crippen LogP contribution in [0.15, 0.2) is 18.2 Å². The Hall–Kier alpha value is -2.28. The van der Waals surface area contributed by atoms with Gasteiger partial charge in [-0.1, -0.05) is 32.3 Å². The zero-order chi connectivity index (χ0) is 21.4. The van der Waals surface area contributed by atoms with Crippen LogP contribution in [0.1, 0.15) is 63.9 Å². The van der Waals surface area contributed by atoms with E-state index in [1.54, 1.807) is 0 Å². The summed E-state index contributed by atoms with van der Waals surface area (Å²) < 4.78 is 17.1. The fraction of sp³-hybridized carbons (Fsp3) is 0.667. The molecule has 168 valence electrons. The molecule has 2 amide bonds. The summed E-state index contributed by atoms with van der Waals surface area (Å²) in [4.78, 5) is 28.7. The van der Waals surface area contributed by atoms with E-state index in [2.05, 4.69) is 12.2 Å². The number of fused-ring (bicyclic) bond motifs is 1. The Morgan fingerprint density at radius 3 is 2.74 bits per heavy atom. The summed E-state index contributed by atoms with van der Waals surface area (Å²) in [6, 6.07) is 5.11. The fourth-order valence-electron chi connectivity index (χ4n) is 5.76. The van der Waals surface area contributed by atoms with Crippen LogP contribution in [0.25, 0.3) is 0 Å². The number of nitrogens with zero attached hydrogens (tertiary/aromatic N) is 1. The number of hydrogen-bond donors (Lipinski definition) is 1. The molecule has 2 heterocycles. The highest BCUT2D eigenvalue weighted by atomic mass is 16.7. The molecule has 4 aliphatic rings. The second-order valence-corrected chi connectivity index (χ2v) is 9.57. The lowest BCUT2D eigenvalue weighted by molar-refractivity contribution is -0.166. The van der Waals surface area contributed by atoms with Crippen molar-refractivity contribution in [2.24, 2.45) is 11.8 Å². The molecule has 31 heavy (non-hydrogen) atoms. The van der Waals surface area contributed by atoms with E-state index < -0.39 is 11.8 Å². The van der Waals surface area contributed by atoms with Crippen molar-refractivity contribution in [1.29, 1.82) is 0 Å². The Kier molecular flexibility index (Phi) is 5.54. The van der Waals surface area contributed by atoms with Gasteiger partial charge >= 0.3 is 0 Å². The predicted octanol–water partition coefficient (Wildman–Crippen LogP) is 3.36. The molecule has 1 N–H and O–H groups in total. The molecule has 2 aliphatic carbocycles. The maximum atomic E-state index is 13.6. The quantitative estimate of drug-likeness (QED) is 0.796. The minimum atomic E-state index is -0.613. The van der Waals surface area contributed by atoms with Crippen molar-refractivity contribution in [2.75, 3.05) is 13.4 Å². The lowest BCUT2D eigenvalue weighted by atomic mass is 9.82. The number of hydrogen-bond acceptors (Lipinski definition) is 5. The van der Waals surface area contributed by atoms with E-state index in [0.717, 1.165) is 62.7 Å². The van der Waals surface area contributed by atoms with Crippen molar-refractivity contribution < 1.29 is 23.8 Å². The molecule has 1 spiro atoms. The van der Waals surface area contributed by atoms with Gasteiger partial charge in [-0.2, -0.15) is 0 Å². The molecule has 1 saturated heterocycles. The van der Waals surface area contributed by atoms with E-state index in [1.165, 1.54) is 0 Å². The van der Waals surface area contributed by atoms with Crippen LogP contribution in [0.4, 0.5) is 0 Å². The van der Waals surface area contributed by atoms with Gasteiger partial charge in [-0.15, -0.1) is 0 Å². The second kappa shape index (κ2) is 8.34. The van der Waals surface area contributed by atoms with Crippen LogP contribution in [-0.2, 0) is 20.9 Å². The predicted molar refractivity (Wildman–Crippen MR) is 113 cm³/mol. The standard InChI is InChI=1S/C24H32N2O5/c1-16-5-4-10-24(12-16)26(23(28)18-6-2-3-7-18)19(14-31-24)22(27)25-13-17-8-9-20-21(11-17)30-15-29-20/h8-9,11,16,18-19H,2-7,10,12-15H2,1H3,(H,25,27)/t16-,19+,24+/m1/s1. The second-order valence-electron chi connectivity index (χ2n) is 9.57. The lowest BCUT2D eigenvalue weighted by Gasteiger charge is -2.44. The molecular formula is C24H32N2O5. The van der Waals surface area contributed by atoms with Gasteiger partial charge in [0.15, 0.2) is 11.5 Å². The van der Waals surface area contributed by atoms with Crippen LogP contribution in [-0.4, -0.2) is 41.9 Å². The van der Waals surface area contributed by atoms with Crippen molar-refractivity contribution in [3.8, 4) is 11.5 Å². The SMILES string of the molecule is C[C@@H]1CCC[C@@]2(C1)OC[C@@H](C(=O)NCc1ccc3c(c1)OCO3)N2C(=O)C1CCCC1. The zero-order valence-corrected chi connectivity index (χ0v) is 18.2. The Bertz CT molecular complexity index is 852. The number of benzene rings is 1. The molecule has 2 saturated carbocycles. The first-order valence-corrected chi connectivity index (χ1v) is 11.7. The third-order valence-corrected chi connectivity index (χ3v) is 7.34. The normalized spacial score (nSPS) is 30.2. The highest BCUT2D eigenvalue weighted by molar-refractivity contribution is 5.89. The van der Waals surface area contributed by atoms with Crippen molar-refractivity contribution in [2.45, 2.75) is 76.6 Å². The topological polar surface area (TPSA) is 77.1 Å². The number of carbonyl (C=O) groups excluding carboxylic acids is 2. The minimum absolute atomic E-state index is 0.0277. The monoisotopic (exact) mass is 428 g/mol. The van der Waals surface area contributed by atoms with Gasteiger partial charge in [-0.05, 0) is 55.7 Å². The van der Waals surface area contributed by atoms with Crippen molar-refractivity contribution in [3.63, 3.8) is 0 Å². The first-order chi connectivity index (χ1) is 15.1. The highest BCUT2D eigenvalue weighted by Gasteiger charge is 2.54. The molecule has 3 atom stereocenters. The van der Waals surface area contributed by atoms with Crippen molar-refractivity contribution >= 4 is 11.8 Å². The highest BCUT2D eigenvalue weighted by Crippen LogP contribution is 2.44. The van der Waals surface area contributed by atoms with Crippen molar-refractivity contribution in [1.82, 2.24) is 10.2 Å². The van der Waals surface area contributed by atoms with E-state index in [1.807, 2.05) is 23.1 Å². The zero-order valence-electron chi connectivity index (χ0n) is 18.2. The summed E-state index contributed by atoms with van der Waals surface area (Å²) in [5.74, 6) is 1.92. The minimum Gasteiger partial charge on any atom is -0.454 e. The summed E-state index contributed by atoms with van der Waals surface area (Å²) in [7, 11) is 0. The molecule has 2 aliphatic heterocycles. The Balaban J connectivity index is 1.32. The third kappa shape index (κ3) is 3.88. The first-order valence-electron chi connectivity index (χ1n) is 11.7. The van der Waals surface area contributed by atoms with Crippen molar-refractivity contribution in [3.05, 3.63) is 23.8 Å². The van der Waals surface area contributed by atoms with E-state index in [0.29, 0.717) is 18.2 Å². The van der Waals surface area contributed by atoms with Gasteiger partial charge in [0.1, 0.15) is 11.8 Å². The van der Waals surface area contributed by atoms with Gasteiger partial charge in [0.05, 0.1) is 6.61 Å². The Labute approximate surface area is 183 Å². The van der Waals surface area contributed by atoms with Gasteiger partial charge in [-0.3, -0.25) is 14.5 Å². The first kappa shape index (κ1) is 20.6.